The molecular weight excluding hydrogens is 484 g/mol. The van der Waals surface area contributed by atoms with E-state index in [2.05, 4.69) is 15.2 Å². The number of fused-ring (bicyclic) bond motifs is 1. The van der Waals surface area contributed by atoms with Gasteiger partial charge in [-0.15, -0.1) is 0 Å². The monoisotopic (exact) mass is 520 g/mol. The maximum Gasteiger partial charge on any atom is 0.354 e. The second-order valence-electron chi connectivity index (χ2n) is 11.2. The van der Waals surface area contributed by atoms with Gasteiger partial charge in [-0.3, -0.25) is 19.6 Å². The van der Waals surface area contributed by atoms with Crippen molar-refractivity contribution in [2.75, 3.05) is 57.7 Å². The summed E-state index contributed by atoms with van der Waals surface area (Å²) < 4.78 is 1.46. The molecule has 2 aliphatic heterocycles. The average molecular weight is 521 g/mol. The first-order valence-corrected chi connectivity index (χ1v) is 13.6. The van der Waals surface area contributed by atoms with Crippen LogP contribution in [-0.2, 0) is 11.3 Å². The second-order valence-corrected chi connectivity index (χ2v) is 11.2. The first kappa shape index (κ1) is 25.0. The van der Waals surface area contributed by atoms with Crippen molar-refractivity contribution in [3.63, 3.8) is 0 Å². The molecule has 3 amide bonds. The Morgan fingerprint density at radius 3 is 2.21 bits per heavy atom. The number of anilines is 1. The Morgan fingerprint density at radius 2 is 1.63 bits per heavy atom. The maximum atomic E-state index is 12.7. The molecule has 1 unspecified atom stereocenters. The third-order valence-electron chi connectivity index (χ3n) is 8.93. The average Bonchev–Trinajstić information content (AvgIpc) is 3.83. The minimum Gasteiger partial charge on any atom is -0.339 e. The fourth-order valence-electron chi connectivity index (χ4n) is 6.20. The number of hydrogen-bond donors (Lipinski definition) is 3. The summed E-state index contributed by atoms with van der Waals surface area (Å²) in [5, 5.41) is 2.72. The van der Waals surface area contributed by atoms with Gasteiger partial charge in [0.2, 0.25) is 5.91 Å². The molecule has 11 nitrogen and oxygen atoms in total. The van der Waals surface area contributed by atoms with Crippen molar-refractivity contribution in [2.24, 2.45) is 34.6 Å². The van der Waals surface area contributed by atoms with Gasteiger partial charge in [0.05, 0.1) is 11.1 Å². The summed E-state index contributed by atoms with van der Waals surface area (Å²) >= 11 is 0. The van der Waals surface area contributed by atoms with Crippen LogP contribution in [-0.4, -0.2) is 88.5 Å². The third kappa shape index (κ3) is 4.70. The number of likely N-dealkylation sites (tertiary alicyclic amines) is 1. The highest BCUT2D eigenvalue weighted by atomic mass is 16.2. The van der Waals surface area contributed by atoms with Gasteiger partial charge in [-0.05, 0) is 60.9 Å². The van der Waals surface area contributed by atoms with Crippen LogP contribution in [0.1, 0.15) is 18.4 Å². The molecule has 0 bridgehead atoms. The van der Waals surface area contributed by atoms with E-state index in [1.807, 2.05) is 24.3 Å². The molecule has 4 aliphatic rings. The van der Waals surface area contributed by atoms with Crippen molar-refractivity contribution in [1.29, 1.82) is 0 Å². The fourth-order valence-corrected chi connectivity index (χ4v) is 6.20. The van der Waals surface area contributed by atoms with Crippen LogP contribution in [0.5, 0.6) is 0 Å². The SMILES string of the molecule is NCC1[C@H]2CN(Cc3ccc(-n4ccc(NC(=O)N5CCN(C(=O)C6(CN)CC6)CC5)nc4=O)cc3)C[C@@H]12. The molecule has 0 radical (unpaired) electrons. The standard InChI is InChI=1S/C27H36N8O3/c28-13-20-21-15-32(16-22(20)21)14-18-1-3-19(4-2-18)35-8-5-23(31-26(35)38)30-25(37)34-11-9-33(10-12-34)24(36)27(17-29)6-7-27/h1-5,8,20-22H,6-7,9-17,28-29H2,(H,30,31,37,38)/t20?,21-,22+. The number of urea groups is 1. The van der Waals surface area contributed by atoms with Crippen molar-refractivity contribution in [3.8, 4) is 5.69 Å². The molecule has 11 heteroatoms. The van der Waals surface area contributed by atoms with E-state index in [9.17, 15) is 14.4 Å². The lowest BCUT2D eigenvalue weighted by atomic mass is 10.1. The van der Waals surface area contributed by atoms with E-state index in [0.29, 0.717) is 32.7 Å². The molecule has 1 aromatic carbocycles. The molecule has 202 valence electrons. The van der Waals surface area contributed by atoms with Gasteiger partial charge in [0, 0.05) is 58.6 Å². The van der Waals surface area contributed by atoms with Gasteiger partial charge in [-0.25, -0.2) is 9.59 Å². The molecule has 5 N–H and O–H groups in total. The molecule has 2 saturated carbocycles. The minimum absolute atomic E-state index is 0.103. The van der Waals surface area contributed by atoms with E-state index < -0.39 is 5.69 Å². The molecule has 2 aromatic rings. The van der Waals surface area contributed by atoms with Gasteiger partial charge in [0.1, 0.15) is 5.82 Å². The molecular formula is C27H36N8O3. The zero-order chi connectivity index (χ0) is 26.4. The second kappa shape index (κ2) is 9.79. The first-order chi connectivity index (χ1) is 18.4. The number of aromatic nitrogens is 2. The molecule has 38 heavy (non-hydrogen) atoms. The smallest absolute Gasteiger partial charge is 0.339 e. The Bertz CT molecular complexity index is 1250. The fraction of sp³-hybridized carbons (Fsp3) is 0.556. The quantitative estimate of drug-likeness (QED) is 0.476. The molecule has 3 heterocycles. The molecule has 3 atom stereocenters. The van der Waals surface area contributed by atoms with Gasteiger partial charge in [0.15, 0.2) is 0 Å². The van der Waals surface area contributed by atoms with Crippen LogP contribution >= 0.6 is 0 Å². The number of nitrogens with one attached hydrogen (secondary N) is 1. The number of amides is 3. The summed E-state index contributed by atoms with van der Waals surface area (Å²) in [7, 11) is 0. The van der Waals surface area contributed by atoms with Crippen LogP contribution in [0, 0.1) is 23.2 Å². The van der Waals surface area contributed by atoms with Gasteiger partial charge < -0.3 is 21.3 Å². The van der Waals surface area contributed by atoms with Crippen LogP contribution in [0.3, 0.4) is 0 Å². The lowest BCUT2D eigenvalue weighted by Crippen LogP contribution is -2.54. The molecule has 2 saturated heterocycles. The Morgan fingerprint density at radius 1 is 0.974 bits per heavy atom. The van der Waals surface area contributed by atoms with E-state index in [-0.39, 0.29) is 23.2 Å². The van der Waals surface area contributed by atoms with Crippen LogP contribution in [0.15, 0.2) is 41.3 Å². The van der Waals surface area contributed by atoms with Gasteiger partial charge in [-0.2, -0.15) is 4.98 Å². The highest BCUT2D eigenvalue weighted by Gasteiger charge is 2.54. The van der Waals surface area contributed by atoms with Crippen LogP contribution in [0.4, 0.5) is 10.6 Å². The zero-order valence-electron chi connectivity index (χ0n) is 21.6. The van der Waals surface area contributed by atoms with E-state index in [1.165, 1.54) is 10.1 Å². The van der Waals surface area contributed by atoms with Crippen LogP contribution in [0.25, 0.3) is 5.69 Å². The van der Waals surface area contributed by atoms with E-state index in [4.69, 9.17) is 11.5 Å². The summed E-state index contributed by atoms with van der Waals surface area (Å²) in [6.45, 7) is 6.13. The Labute approximate surface area is 221 Å². The van der Waals surface area contributed by atoms with Gasteiger partial charge in [0.25, 0.3) is 0 Å². The molecule has 6 rings (SSSR count). The Hall–Kier alpha value is -3.28. The normalized spacial score (nSPS) is 25.7. The summed E-state index contributed by atoms with van der Waals surface area (Å²) in [6.07, 6.45) is 3.32. The van der Waals surface area contributed by atoms with E-state index in [0.717, 1.165) is 62.5 Å². The lowest BCUT2D eigenvalue weighted by molar-refractivity contribution is -0.138. The van der Waals surface area contributed by atoms with Crippen molar-refractivity contribution in [3.05, 3.63) is 52.6 Å². The van der Waals surface area contributed by atoms with Crippen LogP contribution < -0.4 is 22.5 Å². The molecule has 1 aromatic heterocycles. The largest absolute Gasteiger partial charge is 0.354 e. The number of piperidine rings is 1. The molecule has 0 spiro atoms. The predicted octanol–water partition coefficient (Wildman–Crippen LogP) is 0.284. The van der Waals surface area contributed by atoms with Crippen LogP contribution in [0.2, 0.25) is 0 Å². The molecule has 4 fully saturated rings. The number of carbonyl (C=O) groups is 2. The van der Waals surface area contributed by atoms with Crippen molar-refractivity contribution < 1.29 is 9.59 Å². The maximum absolute atomic E-state index is 12.7. The summed E-state index contributed by atoms with van der Waals surface area (Å²) in [6, 6.07) is 9.23. The summed E-state index contributed by atoms with van der Waals surface area (Å²) in [4.78, 5) is 48.1. The first-order valence-electron chi connectivity index (χ1n) is 13.6. The minimum atomic E-state index is -0.463. The van der Waals surface area contributed by atoms with Gasteiger partial charge >= 0.3 is 11.7 Å². The lowest BCUT2D eigenvalue weighted by Gasteiger charge is -2.36. The van der Waals surface area contributed by atoms with Crippen molar-refractivity contribution >= 4 is 17.8 Å². The number of hydrogen-bond acceptors (Lipinski definition) is 7. The highest BCUT2D eigenvalue weighted by Crippen LogP contribution is 2.51. The number of benzene rings is 1. The third-order valence-corrected chi connectivity index (χ3v) is 8.93. The number of rotatable bonds is 7. The van der Waals surface area contributed by atoms with Gasteiger partial charge in [-0.1, -0.05) is 12.1 Å². The molecule has 2 aliphatic carbocycles. The predicted molar refractivity (Wildman–Crippen MR) is 143 cm³/mol. The zero-order valence-corrected chi connectivity index (χ0v) is 21.6. The number of piperazine rings is 1. The van der Waals surface area contributed by atoms with Crippen molar-refractivity contribution in [2.45, 2.75) is 19.4 Å². The Kier molecular flexibility index (Phi) is 6.45. The van der Waals surface area contributed by atoms with Crippen molar-refractivity contribution in [1.82, 2.24) is 24.3 Å². The van der Waals surface area contributed by atoms with E-state index >= 15 is 0 Å². The number of nitrogens with zero attached hydrogens (tertiary/aromatic N) is 5. The Balaban J connectivity index is 1.01. The van der Waals surface area contributed by atoms with E-state index in [1.54, 1.807) is 22.1 Å². The highest BCUT2D eigenvalue weighted by molar-refractivity contribution is 5.89. The summed E-state index contributed by atoms with van der Waals surface area (Å²) in [5.74, 6) is 2.57. The summed E-state index contributed by atoms with van der Waals surface area (Å²) in [5.41, 5.74) is 12.7. The number of carbonyl (C=O) groups excluding carboxylic acids is 2. The topological polar surface area (TPSA) is 143 Å². The number of nitrogens with two attached hydrogens (primary N) is 2.